The molecule has 0 unspecified atom stereocenters. The lowest BCUT2D eigenvalue weighted by atomic mass is 10.0. The maximum Gasteiger partial charge on any atom is 0.218 e. The van der Waals surface area contributed by atoms with Gasteiger partial charge in [0.1, 0.15) is 6.10 Å². The van der Waals surface area contributed by atoms with Gasteiger partial charge >= 0.3 is 0 Å². The molecule has 0 N–H and O–H groups in total. The van der Waals surface area contributed by atoms with Gasteiger partial charge < -0.3 is 9.47 Å². The number of tetrazole rings is 1. The molecule has 3 atom stereocenters. The quantitative estimate of drug-likeness (QED) is 0.831. The van der Waals surface area contributed by atoms with Crippen molar-refractivity contribution in [1.29, 1.82) is 0 Å². The summed E-state index contributed by atoms with van der Waals surface area (Å²) in [6.45, 7) is 0.364. The van der Waals surface area contributed by atoms with Crippen LogP contribution in [0.3, 0.4) is 0 Å². The lowest BCUT2D eigenvalue weighted by Gasteiger charge is -2.26. The van der Waals surface area contributed by atoms with E-state index in [-0.39, 0.29) is 24.3 Å². The highest BCUT2D eigenvalue weighted by molar-refractivity contribution is 6.33. The molecule has 8 heteroatoms. The Balaban J connectivity index is 1.76. The normalized spacial score (nSPS) is 28.0. The molecule has 2 bridgehead atoms. The average molecular weight is 307 g/mol. The molecule has 2 aliphatic heterocycles. The summed E-state index contributed by atoms with van der Waals surface area (Å²) in [6.07, 6.45) is -0.665. The largest absolute Gasteiger partial charge is 0.343 e. The SMILES string of the molecule is O=C1C[C@@H](n2nnnc2-c2ccccc2Cl)[C@@H]2CO[C@H]1O2. The zero-order valence-electron chi connectivity index (χ0n) is 10.8. The van der Waals surface area contributed by atoms with Crippen molar-refractivity contribution in [3.8, 4) is 11.4 Å². The van der Waals surface area contributed by atoms with Gasteiger partial charge in [-0.1, -0.05) is 23.7 Å². The van der Waals surface area contributed by atoms with E-state index < -0.39 is 6.29 Å². The molecule has 1 aromatic carbocycles. The highest BCUT2D eigenvalue weighted by Gasteiger charge is 2.45. The minimum atomic E-state index is -0.730. The Kier molecular flexibility index (Phi) is 2.99. The summed E-state index contributed by atoms with van der Waals surface area (Å²) >= 11 is 6.20. The number of fused-ring (bicyclic) bond motifs is 2. The van der Waals surface area contributed by atoms with Crippen LogP contribution in [0.15, 0.2) is 24.3 Å². The highest BCUT2D eigenvalue weighted by atomic mass is 35.5. The standard InChI is InChI=1S/C13H11ClN4O3/c14-8-4-2-1-3-7(8)12-15-16-17-18(12)9-5-10(19)13-20-6-11(9)21-13/h1-4,9,11,13H,5-6H2/t9-,11+,13+/m1/s1. The topological polar surface area (TPSA) is 79.1 Å². The van der Waals surface area contributed by atoms with E-state index in [0.717, 1.165) is 5.56 Å². The number of Topliss-reactive ketones (excluding diaryl/α,β-unsaturated/α-hetero) is 1. The maximum atomic E-state index is 11.9. The van der Waals surface area contributed by atoms with Crippen LogP contribution in [0.5, 0.6) is 0 Å². The van der Waals surface area contributed by atoms with E-state index in [0.29, 0.717) is 17.5 Å². The van der Waals surface area contributed by atoms with Crippen LogP contribution in [-0.4, -0.2) is 45.0 Å². The van der Waals surface area contributed by atoms with Crippen molar-refractivity contribution in [3.05, 3.63) is 29.3 Å². The molecule has 0 radical (unpaired) electrons. The van der Waals surface area contributed by atoms with Crippen molar-refractivity contribution >= 4 is 17.4 Å². The van der Waals surface area contributed by atoms with Crippen LogP contribution in [0, 0.1) is 0 Å². The Hall–Kier alpha value is -1.83. The number of hydrogen-bond donors (Lipinski definition) is 0. The van der Waals surface area contributed by atoms with Crippen LogP contribution < -0.4 is 0 Å². The number of hydrogen-bond acceptors (Lipinski definition) is 6. The van der Waals surface area contributed by atoms with E-state index in [1.165, 1.54) is 0 Å². The molecule has 108 valence electrons. The first-order valence-electron chi connectivity index (χ1n) is 6.56. The number of ketones is 1. The first-order chi connectivity index (χ1) is 10.2. The predicted octanol–water partition coefficient (Wildman–Crippen LogP) is 1.25. The fraction of sp³-hybridized carbons (Fsp3) is 0.385. The second kappa shape index (κ2) is 4.87. The predicted molar refractivity (Wildman–Crippen MR) is 71.5 cm³/mol. The Morgan fingerprint density at radius 3 is 3.05 bits per heavy atom. The smallest absolute Gasteiger partial charge is 0.218 e. The third-order valence-corrected chi connectivity index (χ3v) is 4.06. The molecule has 2 saturated heterocycles. The van der Waals surface area contributed by atoms with Crippen molar-refractivity contribution in [1.82, 2.24) is 20.2 Å². The van der Waals surface area contributed by atoms with Crippen molar-refractivity contribution in [2.75, 3.05) is 6.61 Å². The summed E-state index contributed by atoms with van der Waals surface area (Å²) in [5.74, 6) is 0.432. The van der Waals surface area contributed by atoms with E-state index in [2.05, 4.69) is 15.5 Å². The van der Waals surface area contributed by atoms with Gasteiger partial charge in [-0.05, 0) is 22.6 Å². The lowest BCUT2D eigenvalue weighted by molar-refractivity contribution is -0.156. The number of halogens is 1. The minimum absolute atomic E-state index is 0.0886. The van der Waals surface area contributed by atoms with E-state index in [1.807, 2.05) is 18.2 Å². The lowest BCUT2D eigenvalue weighted by Crippen LogP contribution is -2.37. The number of carbonyl (C=O) groups is 1. The molecule has 2 fully saturated rings. The zero-order chi connectivity index (χ0) is 14.4. The number of aromatic nitrogens is 4. The molecular formula is C13H11ClN4O3. The van der Waals surface area contributed by atoms with Crippen LogP contribution in [0.4, 0.5) is 0 Å². The van der Waals surface area contributed by atoms with Crippen molar-refractivity contribution in [3.63, 3.8) is 0 Å². The number of ether oxygens (including phenoxy) is 2. The molecule has 21 heavy (non-hydrogen) atoms. The average Bonchev–Trinajstić information content (AvgIpc) is 3.12. The molecule has 0 aliphatic carbocycles. The molecule has 0 amide bonds. The van der Waals surface area contributed by atoms with E-state index >= 15 is 0 Å². The minimum Gasteiger partial charge on any atom is -0.343 e. The summed E-state index contributed by atoms with van der Waals surface area (Å²) in [5.41, 5.74) is 0.720. The van der Waals surface area contributed by atoms with Gasteiger partial charge in [-0.15, -0.1) is 5.10 Å². The number of nitrogens with zero attached hydrogens (tertiary/aromatic N) is 4. The maximum absolute atomic E-state index is 11.9. The Labute approximate surface area is 124 Å². The molecule has 2 aliphatic rings. The molecular weight excluding hydrogens is 296 g/mol. The first kappa shape index (κ1) is 12.9. The van der Waals surface area contributed by atoms with E-state index in [4.69, 9.17) is 21.1 Å². The van der Waals surface area contributed by atoms with Gasteiger partial charge in [0.2, 0.25) is 6.29 Å². The van der Waals surface area contributed by atoms with E-state index in [9.17, 15) is 4.79 Å². The Morgan fingerprint density at radius 1 is 1.33 bits per heavy atom. The third kappa shape index (κ3) is 2.05. The van der Waals surface area contributed by atoms with Crippen molar-refractivity contribution in [2.45, 2.75) is 24.9 Å². The van der Waals surface area contributed by atoms with E-state index in [1.54, 1.807) is 10.7 Å². The zero-order valence-corrected chi connectivity index (χ0v) is 11.6. The van der Waals surface area contributed by atoms with Crippen molar-refractivity contribution < 1.29 is 14.3 Å². The highest BCUT2D eigenvalue weighted by Crippen LogP contribution is 2.35. The Bertz CT molecular complexity index is 704. The van der Waals surface area contributed by atoms with Gasteiger partial charge in [0.05, 0.1) is 17.7 Å². The molecule has 4 rings (SSSR count). The van der Waals surface area contributed by atoms with Gasteiger partial charge in [-0.25, -0.2) is 4.68 Å². The molecule has 1 aromatic heterocycles. The van der Waals surface area contributed by atoms with Gasteiger partial charge in [0.25, 0.3) is 0 Å². The van der Waals surface area contributed by atoms with Crippen LogP contribution in [0.2, 0.25) is 5.02 Å². The fourth-order valence-electron chi connectivity index (χ4n) is 2.70. The number of rotatable bonds is 2. The Morgan fingerprint density at radius 2 is 2.19 bits per heavy atom. The number of benzene rings is 1. The van der Waals surface area contributed by atoms with Gasteiger partial charge in [-0.2, -0.15) is 0 Å². The van der Waals surface area contributed by atoms with Gasteiger partial charge in [0, 0.05) is 12.0 Å². The second-order valence-electron chi connectivity index (χ2n) is 5.00. The summed E-state index contributed by atoms with van der Waals surface area (Å²) in [5, 5.41) is 12.3. The first-order valence-corrected chi connectivity index (χ1v) is 6.94. The van der Waals surface area contributed by atoms with Crippen LogP contribution in [0.25, 0.3) is 11.4 Å². The van der Waals surface area contributed by atoms with Crippen LogP contribution >= 0.6 is 11.6 Å². The third-order valence-electron chi connectivity index (χ3n) is 3.73. The van der Waals surface area contributed by atoms with Crippen molar-refractivity contribution in [2.24, 2.45) is 0 Å². The fourth-order valence-corrected chi connectivity index (χ4v) is 2.93. The summed E-state index contributed by atoms with van der Waals surface area (Å²) in [6, 6.07) is 7.02. The summed E-state index contributed by atoms with van der Waals surface area (Å²) in [7, 11) is 0. The van der Waals surface area contributed by atoms with Gasteiger partial charge in [0.15, 0.2) is 11.6 Å². The second-order valence-corrected chi connectivity index (χ2v) is 5.41. The number of carbonyl (C=O) groups excluding carboxylic acids is 1. The van der Waals surface area contributed by atoms with Crippen LogP contribution in [0.1, 0.15) is 12.5 Å². The summed E-state index contributed by atoms with van der Waals surface area (Å²) in [4.78, 5) is 11.9. The summed E-state index contributed by atoms with van der Waals surface area (Å²) < 4.78 is 12.5. The monoisotopic (exact) mass is 306 g/mol. The van der Waals surface area contributed by atoms with Crippen LogP contribution in [-0.2, 0) is 14.3 Å². The van der Waals surface area contributed by atoms with Gasteiger partial charge in [-0.3, -0.25) is 4.79 Å². The molecule has 0 spiro atoms. The molecule has 2 aromatic rings. The molecule has 3 heterocycles. The molecule has 0 saturated carbocycles. The molecule has 7 nitrogen and oxygen atoms in total.